The summed E-state index contributed by atoms with van der Waals surface area (Å²) in [5, 5.41) is 9.62. The van der Waals surface area contributed by atoms with E-state index >= 15 is 0 Å². The van der Waals surface area contributed by atoms with Crippen LogP contribution in [-0.4, -0.2) is 5.11 Å². The highest BCUT2D eigenvalue weighted by molar-refractivity contribution is 5.71. The largest absolute Gasteiger partial charge is 0.507 e. The summed E-state index contributed by atoms with van der Waals surface area (Å²) in [5.41, 5.74) is 2.14. The Morgan fingerprint density at radius 1 is 1.31 bits per heavy atom. The summed E-state index contributed by atoms with van der Waals surface area (Å²) in [5.74, 6) is 0.808. The molecule has 1 N–H and O–H groups in total. The highest BCUT2D eigenvalue weighted by Gasteiger charge is 2.08. The second-order valence-corrected chi connectivity index (χ2v) is 3.42. The van der Waals surface area contributed by atoms with Crippen molar-refractivity contribution in [2.45, 2.75) is 20.8 Å². The number of phenolic OH excluding ortho intramolecular Hbond substituents is 1. The maximum atomic E-state index is 9.62. The van der Waals surface area contributed by atoms with E-state index in [9.17, 15) is 5.11 Å². The van der Waals surface area contributed by atoms with E-state index in [0.29, 0.717) is 11.7 Å². The first kappa shape index (κ1) is 9.85. The maximum absolute atomic E-state index is 9.62. The van der Waals surface area contributed by atoms with Crippen molar-refractivity contribution in [3.05, 3.63) is 35.9 Å². The van der Waals surface area contributed by atoms with Crippen molar-refractivity contribution in [2.75, 3.05) is 0 Å². The van der Waals surface area contributed by atoms with Crippen molar-refractivity contribution < 1.29 is 5.11 Å². The molecule has 1 rings (SSSR count). The standard InChI is InChI=1S/C12H16O/c1-4-10(9(2)3)11-7-5-6-8-12(11)13/h4-9,13H,1-3H3/b10-4+. The number of aromatic hydroxyl groups is 1. The Balaban J connectivity index is 3.13. The minimum absolute atomic E-state index is 0.365. The van der Waals surface area contributed by atoms with Gasteiger partial charge in [-0.25, -0.2) is 0 Å². The summed E-state index contributed by atoms with van der Waals surface area (Å²) >= 11 is 0. The number of benzene rings is 1. The van der Waals surface area contributed by atoms with Crippen molar-refractivity contribution in [3.63, 3.8) is 0 Å². The number of allylic oxidation sites excluding steroid dienone is 2. The summed E-state index contributed by atoms with van der Waals surface area (Å²) in [6.07, 6.45) is 2.06. The normalized spacial score (nSPS) is 12.2. The molecule has 1 aromatic rings. The van der Waals surface area contributed by atoms with Gasteiger partial charge in [-0.1, -0.05) is 38.1 Å². The van der Waals surface area contributed by atoms with Gasteiger partial charge in [0.1, 0.15) is 5.75 Å². The Hall–Kier alpha value is -1.24. The first-order chi connectivity index (χ1) is 6.16. The third-order valence-corrected chi connectivity index (χ3v) is 2.15. The lowest BCUT2D eigenvalue weighted by molar-refractivity contribution is 0.473. The zero-order valence-electron chi connectivity index (χ0n) is 8.41. The Kier molecular flexibility index (Phi) is 3.13. The molecular weight excluding hydrogens is 160 g/mol. The Labute approximate surface area is 79.7 Å². The van der Waals surface area contributed by atoms with E-state index in [4.69, 9.17) is 0 Å². The third-order valence-electron chi connectivity index (χ3n) is 2.15. The molecule has 0 bridgehead atoms. The predicted molar refractivity (Wildman–Crippen MR) is 56.6 cm³/mol. The lowest BCUT2D eigenvalue weighted by Crippen LogP contribution is -1.93. The number of hydrogen-bond acceptors (Lipinski definition) is 1. The Morgan fingerprint density at radius 3 is 2.38 bits per heavy atom. The summed E-state index contributed by atoms with van der Waals surface area (Å²) in [6, 6.07) is 7.46. The second kappa shape index (κ2) is 4.13. The minimum atomic E-state index is 0.365. The molecule has 0 unspecified atom stereocenters. The first-order valence-electron chi connectivity index (χ1n) is 4.61. The SMILES string of the molecule is C/C=C(/c1ccccc1O)C(C)C. The molecule has 0 aliphatic heterocycles. The molecular formula is C12H16O. The number of para-hydroxylation sites is 1. The third kappa shape index (κ3) is 2.11. The average Bonchev–Trinajstić information content (AvgIpc) is 2.09. The van der Waals surface area contributed by atoms with Gasteiger partial charge in [0.05, 0.1) is 0 Å². The van der Waals surface area contributed by atoms with E-state index in [-0.39, 0.29) is 0 Å². The molecule has 0 aliphatic carbocycles. The summed E-state index contributed by atoms with van der Waals surface area (Å²) < 4.78 is 0. The molecule has 70 valence electrons. The molecule has 0 saturated carbocycles. The lowest BCUT2D eigenvalue weighted by atomic mass is 9.94. The molecule has 0 heterocycles. The first-order valence-corrected chi connectivity index (χ1v) is 4.61. The van der Waals surface area contributed by atoms with Crippen LogP contribution in [0.15, 0.2) is 30.3 Å². The molecule has 13 heavy (non-hydrogen) atoms. The highest BCUT2D eigenvalue weighted by Crippen LogP contribution is 2.29. The summed E-state index contributed by atoms with van der Waals surface area (Å²) in [7, 11) is 0. The van der Waals surface area contributed by atoms with Gasteiger partial charge in [-0.15, -0.1) is 0 Å². The second-order valence-electron chi connectivity index (χ2n) is 3.42. The number of rotatable bonds is 2. The predicted octanol–water partition coefficient (Wildman–Crippen LogP) is 3.45. The van der Waals surface area contributed by atoms with E-state index in [1.807, 2.05) is 25.1 Å². The fourth-order valence-electron chi connectivity index (χ4n) is 1.52. The molecule has 0 radical (unpaired) electrons. The average molecular weight is 176 g/mol. The molecule has 1 heteroatoms. The fourth-order valence-corrected chi connectivity index (χ4v) is 1.52. The van der Waals surface area contributed by atoms with Crippen LogP contribution in [0.5, 0.6) is 5.75 Å². The van der Waals surface area contributed by atoms with Crippen LogP contribution in [0, 0.1) is 5.92 Å². The van der Waals surface area contributed by atoms with Crippen molar-refractivity contribution in [2.24, 2.45) is 5.92 Å². The minimum Gasteiger partial charge on any atom is -0.507 e. The molecule has 1 aromatic carbocycles. The molecule has 0 fully saturated rings. The van der Waals surface area contributed by atoms with Gasteiger partial charge in [-0.3, -0.25) is 0 Å². The van der Waals surface area contributed by atoms with E-state index in [0.717, 1.165) is 5.56 Å². The van der Waals surface area contributed by atoms with Crippen LogP contribution in [0.25, 0.3) is 5.57 Å². The van der Waals surface area contributed by atoms with Crippen molar-refractivity contribution >= 4 is 5.57 Å². The van der Waals surface area contributed by atoms with Crippen LogP contribution < -0.4 is 0 Å². The monoisotopic (exact) mass is 176 g/mol. The molecule has 0 aromatic heterocycles. The van der Waals surface area contributed by atoms with Crippen LogP contribution in [0.3, 0.4) is 0 Å². The molecule has 0 aliphatic rings. The van der Waals surface area contributed by atoms with Crippen LogP contribution in [-0.2, 0) is 0 Å². The zero-order chi connectivity index (χ0) is 9.84. The Bertz CT molecular complexity index is 311. The van der Waals surface area contributed by atoms with Gasteiger partial charge in [0, 0.05) is 5.56 Å². The van der Waals surface area contributed by atoms with Gasteiger partial charge in [-0.05, 0) is 24.5 Å². The summed E-state index contributed by atoms with van der Waals surface area (Å²) in [6.45, 7) is 6.26. The van der Waals surface area contributed by atoms with Gasteiger partial charge < -0.3 is 5.11 Å². The molecule has 1 nitrogen and oxygen atoms in total. The van der Waals surface area contributed by atoms with Gasteiger partial charge in [0.2, 0.25) is 0 Å². The van der Waals surface area contributed by atoms with E-state index in [1.165, 1.54) is 5.57 Å². The number of phenols is 1. The molecule has 0 amide bonds. The van der Waals surface area contributed by atoms with E-state index in [2.05, 4.69) is 19.9 Å². The van der Waals surface area contributed by atoms with Crippen LogP contribution in [0.1, 0.15) is 26.3 Å². The molecule has 0 spiro atoms. The topological polar surface area (TPSA) is 20.2 Å². The van der Waals surface area contributed by atoms with Crippen LogP contribution >= 0.6 is 0 Å². The molecule has 0 atom stereocenters. The zero-order valence-corrected chi connectivity index (χ0v) is 8.41. The van der Waals surface area contributed by atoms with Gasteiger partial charge >= 0.3 is 0 Å². The van der Waals surface area contributed by atoms with Crippen LogP contribution in [0.2, 0.25) is 0 Å². The van der Waals surface area contributed by atoms with E-state index < -0.39 is 0 Å². The smallest absolute Gasteiger partial charge is 0.123 e. The van der Waals surface area contributed by atoms with Gasteiger partial charge in [0.15, 0.2) is 0 Å². The highest BCUT2D eigenvalue weighted by atomic mass is 16.3. The van der Waals surface area contributed by atoms with Crippen molar-refractivity contribution in [1.29, 1.82) is 0 Å². The molecule has 0 saturated heterocycles. The summed E-state index contributed by atoms with van der Waals surface area (Å²) in [4.78, 5) is 0. The number of hydrogen-bond donors (Lipinski definition) is 1. The van der Waals surface area contributed by atoms with Crippen molar-refractivity contribution in [1.82, 2.24) is 0 Å². The fraction of sp³-hybridized carbons (Fsp3) is 0.333. The van der Waals surface area contributed by atoms with Crippen molar-refractivity contribution in [3.8, 4) is 5.75 Å². The van der Waals surface area contributed by atoms with Gasteiger partial charge in [0.25, 0.3) is 0 Å². The quantitative estimate of drug-likeness (QED) is 0.731. The van der Waals surface area contributed by atoms with Crippen LogP contribution in [0.4, 0.5) is 0 Å². The Morgan fingerprint density at radius 2 is 1.92 bits per heavy atom. The lowest BCUT2D eigenvalue weighted by Gasteiger charge is -2.12. The van der Waals surface area contributed by atoms with Gasteiger partial charge in [-0.2, -0.15) is 0 Å². The van der Waals surface area contributed by atoms with E-state index in [1.54, 1.807) is 6.07 Å². The maximum Gasteiger partial charge on any atom is 0.123 e.